The van der Waals surface area contributed by atoms with Crippen LogP contribution in [-0.2, 0) is 14.3 Å². The van der Waals surface area contributed by atoms with E-state index in [0.29, 0.717) is 18.1 Å². The zero-order valence-corrected chi connectivity index (χ0v) is 10.4. The molecular formula is C12H18O3S. The summed E-state index contributed by atoms with van der Waals surface area (Å²) in [7, 11) is 0. The van der Waals surface area contributed by atoms with E-state index >= 15 is 0 Å². The number of carbonyl (C=O) groups excluding carboxylic acids is 2. The molecule has 0 heterocycles. The molecule has 4 heteroatoms. The number of esters is 1. The lowest BCUT2D eigenvalue weighted by atomic mass is 10.0. The predicted octanol–water partition coefficient (Wildman–Crippen LogP) is 2.70. The van der Waals surface area contributed by atoms with Crippen molar-refractivity contribution in [3.05, 3.63) is 11.0 Å². The fourth-order valence-corrected chi connectivity index (χ4v) is 2.81. The summed E-state index contributed by atoms with van der Waals surface area (Å²) < 4.78 is 4.78. The van der Waals surface area contributed by atoms with Crippen LogP contribution in [0.2, 0.25) is 0 Å². The number of rotatable bonds is 5. The summed E-state index contributed by atoms with van der Waals surface area (Å²) in [5.41, 5.74) is 0.137. The van der Waals surface area contributed by atoms with E-state index in [9.17, 15) is 9.59 Å². The van der Waals surface area contributed by atoms with Crippen LogP contribution in [0.3, 0.4) is 0 Å². The van der Waals surface area contributed by atoms with E-state index in [0.717, 1.165) is 0 Å². The van der Waals surface area contributed by atoms with Crippen molar-refractivity contribution in [1.29, 1.82) is 0 Å². The van der Waals surface area contributed by atoms with Crippen molar-refractivity contribution < 1.29 is 14.3 Å². The van der Waals surface area contributed by atoms with Crippen molar-refractivity contribution in [1.82, 2.24) is 0 Å². The standard InChI is InChI=1S/C12H18O3S/c1-2-15-12(14)10(8-13)9-16-11-6-4-3-5-7-11/h8-9,11H,2-7H2,1H3/b10-9+. The molecule has 0 aromatic heterocycles. The zero-order chi connectivity index (χ0) is 11.8. The molecule has 1 aliphatic rings. The van der Waals surface area contributed by atoms with Crippen LogP contribution in [0.25, 0.3) is 0 Å². The van der Waals surface area contributed by atoms with Gasteiger partial charge < -0.3 is 4.74 Å². The first-order valence-electron chi connectivity index (χ1n) is 5.75. The van der Waals surface area contributed by atoms with E-state index in [1.807, 2.05) is 0 Å². The van der Waals surface area contributed by atoms with E-state index < -0.39 is 5.97 Å². The minimum Gasteiger partial charge on any atom is -0.462 e. The molecule has 0 aromatic rings. The van der Waals surface area contributed by atoms with Gasteiger partial charge in [-0.15, -0.1) is 11.8 Å². The Labute approximate surface area is 101 Å². The smallest absolute Gasteiger partial charge is 0.341 e. The molecule has 0 amide bonds. The lowest BCUT2D eigenvalue weighted by Gasteiger charge is -2.19. The van der Waals surface area contributed by atoms with Gasteiger partial charge in [-0.2, -0.15) is 0 Å². The van der Waals surface area contributed by atoms with Crippen molar-refractivity contribution in [3.8, 4) is 0 Å². The van der Waals surface area contributed by atoms with Gasteiger partial charge in [-0.3, -0.25) is 4.79 Å². The van der Waals surface area contributed by atoms with Crippen molar-refractivity contribution >= 4 is 24.0 Å². The molecule has 0 saturated heterocycles. The number of hydrogen-bond donors (Lipinski definition) is 0. The van der Waals surface area contributed by atoms with E-state index in [4.69, 9.17) is 4.74 Å². The van der Waals surface area contributed by atoms with Gasteiger partial charge in [0.2, 0.25) is 0 Å². The average molecular weight is 242 g/mol. The summed E-state index contributed by atoms with van der Waals surface area (Å²) in [6, 6.07) is 0. The lowest BCUT2D eigenvalue weighted by molar-refractivity contribution is -0.139. The third-order valence-corrected chi connectivity index (χ3v) is 3.82. The first kappa shape index (κ1) is 13.3. The molecule has 0 bridgehead atoms. The van der Waals surface area contributed by atoms with Gasteiger partial charge in [0, 0.05) is 5.25 Å². The van der Waals surface area contributed by atoms with Gasteiger partial charge in [-0.1, -0.05) is 19.3 Å². The summed E-state index contributed by atoms with van der Waals surface area (Å²) in [5.74, 6) is -0.513. The molecule has 0 aromatic carbocycles. The SMILES string of the molecule is CCOC(=O)/C(C=O)=C/SC1CCCCC1. The van der Waals surface area contributed by atoms with Crippen LogP contribution in [0.4, 0.5) is 0 Å². The molecule has 1 rings (SSSR count). The molecule has 1 fully saturated rings. The van der Waals surface area contributed by atoms with Crippen LogP contribution in [0, 0.1) is 0 Å². The Morgan fingerprint density at radius 2 is 2.06 bits per heavy atom. The Bertz CT molecular complexity index is 267. The van der Waals surface area contributed by atoms with Crippen LogP contribution in [0.1, 0.15) is 39.0 Å². The Hall–Kier alpha value is -0.770. The van der Waals surface area contributed by atoms with Crippen LogP contribution >= 0.6 is 11.8 Å². The molecule has 3 nitrogen and oxygen atoms in total. The van der Waals surface area contributed by atoms with E-state index in [1.165, 1.54) is 32.1 Å². The number of thioether (sulfide) groups is 1. The molecule has 90 valence electrons. The molecular weight excluding hydrogens is 224 g/mol. The van der Waals surface area contributed by atoms with Crippen molar-refractivity contribution in [2.75, 3.05) is 6.61 Å². The van der Waals surface area contributed by atoms with Crippen LogP contribution in [0.15, 0.2) is 11.0 Å². The Balaban J connectivity index is 2.44. The fourth-order valence-electron chi connectivity index (χ4n) is 1.71. The molecule has 1 aliphatic carbocycles. The van der Waals surface area contributed by atoms with Gasteiger partial charge >= 0.3 is 5.97 Å². The highest BCUT2D eigenvalue weighted by Crippen LogP contribution is 2.29. The Morgan fingerprint density at radius 1 is 1.38 bits per heavy atom. The topological polar surface area (TPSA) is 43.4 Å². The van der Waals surface area contributed by atoms with Gasteiger partial charge in [-0.05, 0) is 25.2 Å². The second-order valence-corrected chi connectivity index (χ2v) is 4.98. The first-order chi connectivity index (χ1) is 7.77. The predicted molar refractivity (Wildman–Crippen MR) is 65.2 cm³/mol. The van der Waals surface area contributed by atoms with E-state index in [1.54, 1.807) is 24.1 Å². The summed E-state index contributed by atoms with van der Waals surface area (Å²) in [6.07, 6.45) is 6.74. The van der Waals surface area contributed by atoms with Gasteiger partial charge in [0.05, 0.1) is 6.61 Å². The normalized spacial score (nSPS) is 18.2. The van der Waals surface area contributed by atoms with Crippen LogP contribution < -0.4 is 0 Å². The second kappa shape index (κ2) is 7.49. The van der Waals surface area contributed by atoms with Crippen LogP contribution in [0.5, 0.6) is 0 Å². The zero-order valence-electron chi connectivity index (χ0n) is 9.61. The number of ether oxygens (including phenoxy) is 1. The quantitative estimate of drug-likeness (QED) is 0.244. The maximum Gasteiger partial charge on any atom is 0.341 e. The molecule has 16 heavy (non-hydrogen) atoms. The third kappa shape index (κ3) is 4.39. The van der Waals surface area contributed by atoms with Crippen molar-refractivity contribution in [2.45, 2.75) is 44.3 Å². The van der Waals surface area contributed by atoms with Crippen molar-refractivity contribution in [2.24, 2.45) is 0 Å². The maximum absolute atomic E-state index is 11.3. The second-order valence-electron chi connectivity index (χ2n) is 3.81. The Kier molecular flexibility index (Phi) is 6.23. The first-order valence-corrected chi connectivity index (χ1v) is 6.70. The third-order valence-electron chi connectivity index (χ3n) is 2.58. The molecule has 0 radical (unpaired) electrons. The molecule has 1 saturated carbocycles. The van der Waals surface area contributed by atoms with Gasteiger partial charge in [0.1, 0.15) is 5.57 Å². The summed E-state index contributed by atoms with van der Waals surface area (Å²) >= 11 is 1.59. The van der Waals surface area contributed by atoms with Gasteiger partial charge in [0.15, 0.2) is 6.29 Å². The Morgan fingerprint density at radius 3 is 2.62 bits per heavy atom. The molecule has 0 aliphatic heterocycles. The average Bonchev–Trinajstić information content (AvgIpc) is 2.31. The van der Waals surface area contributed by atoms with Gasteiger partial charge in [-0.25, -0.2) is 4.79 Å². The summed E-state index contributed by atoms with van der Waals surface area (Å²) in [6.45, 7) is 2.03. The highest BCUT2D eigenvalue weighted by atomic mass is 32.2. The van der Waals surface area contributed by atoms with E-state index in [-0.39, 0.29) is 5.57 Å². The van der Waals surface area contributed by atoms with Crippen LogP contribution in [-0.4, -0.2) is 24.1 Å². The van der Waals surface area contributed by atoms with Gasteiger partial charge in [0.25, 0.3) is 0 Å². The monoisotopic (exact) mass is 242 g/mol. The number of carbonyl (C=O) groups is 2. The highest BCUT2D eigenvalue weighted by molar-refractivity contribution is 8.02. The summed E-state index contributed by atoms with van der Waals surface area (Å²) in [5, 5.41) is 2.21. The fraction of sp³-hybridized carbons (Fsp3) is 0.667. The molecule has 0 atom stereocenters. The maximum atomic E-state index is 11.3. The largest absolute Gasteiger partial charge is 0.462 e. The molecule has 0 spiro atoms. The number of aldehydes is 1. The number of hydrogen-bond acceptors (Lipinski definition) is 4. The summed E-state index contributed by atoms with van der Waals surface area (Å²) in [4.78, 5) is 22.0. The molecule has 0 unspecified atom stereocenters. The molecule has 0 N–H and O–H groups in total. The minimum absolute atomic E-state index is 0.137. The minimum atomic E-state index is -0.513. The van der Waals surface area contributed by atoms with Crippen molar-refractivity contribution in [3.63, 3.8) is 0 Å². The van der Waals surface area contributed by atoms with E-state index in [2.05, 4.69) is 0 Å². The highest BCUT2D eigenvalue weighted by Gasteiger charge is 2.15. The lowest BCUT2D eigenvalue weighted by Crippen LogP contribution is -2.10.